The normalized spacial score (nSPS) is 16.9. The molecule has 0 saturated carbocycles. The Morgan fingerprint density at radius 2 is 1.95 bits per heavy atom. The molecule has 0 radical (unpaired) electrons. The average Bonchev–Trinajstić information content (AvgIpc) is 3.50. The Bertz CT molecular complexity index is 1300. The number of hydrogen-bond donors (Lipinski definition) is 1. The number of nitrogens with zero attached hydrogens (tertiary/aromatic N) is 2. The largest absolute Gasteiger partial charge is 0.507 e. The first kappa shape index (κ1) is 26.2. The molecule has 1 aliphatic rings. The highest BCUT2D eigenvalue weighted by Crippen LogP contribution is 2.44. The fourth-order valence-corrected chi connectivity index (χ4v) is 4.78. The molecule has 194 valence electrons. The molecular formula is C28H30N2O6S. The number of aromatic nitrogens is 1. The van der Waals surface area contributed by atoms with Crippen molar-refractivity contribution in [2.24, 2.45) is 5.92 Å². The maximum Gasteiger partial charge on any atom is 0.301 e. The summed E-state index contributed by atoms with van der Waals surface area (Å²) in [5.41, 5.74) is 0.906. The number of methoxy groups -OCH3 is 1. The van der Waals surface area contributed by atoms with Crippen molar-refractivity contribution in [3.8, 4) is 17.2 Å². The number of ether oxygens (including phenoxy) is 3. The van der Waals surface area contributed by atoms with Crippen LogP contribution in [0, 0.1) is 5.92 Å². The van der Waals surface area contributed by atoms with E-state index in [1.54, 1.807) is 54.0 Å². The number of benzene rings is 2. The number of anilines is 1. The Morgan fingerprint density at radius 1 is 1.14 bits per heavy atom. The first-order valence-electron chi connectivity index (χ1n) is 12.1. The molecule has 3 aromatic rings. The van der Waals surface area contributed by atoms with E-state index >= 15 is 0 Å². The van der Waals surface area contributed by atoms with E-state index in [0.717, 1.165) is 6.42 Å². The number of hydrogen-bond acceptors (Lipinski definition) is 8. The number of aliphatic hydroxyl groups is 1. The fraction of sp³-hybridized carbons (Fsp3) is 0.321. The average molecular weight is 523 g/mol. The van der Waals surface area contributed by atoms with Crippen LogP contribution >= 0.6 is 11.3 Å². The second kappa shape index (κ2) is 11.5. The van der Waals surface area contributed by atoms with Gasteiger partial charge in [-0.3, -0.25) is 14.5 Å². The number of rotatable bonds is 10. The highest BCUT2D eigenvalue weighted by atomic mass is 32.1. The summed E-state index contributed by atoms with van der Waals surface area (Å²) < 4.78 is 17.1. The summed E-state index contributed by atoms with van der Waals surface area (Å²) >= 11 is 1.23. The quantitative estimate of drug-likeness (QED) is 0.210. The predicted molar refractivity (Wildman–Crippen MR) is 142 cm³/mol. The van der Waals surface area contributed by atoms with Crippen molar-refractivity contribution >= 4 is 33.9 Å². The van der Waals surface area contributed by atoms with Crippen LogP contribution in [0.5, 0.6) is 17.2 Å². The molecule has 4 rings (SSSR count). The topological polar surface area (TPSA) is 98.2 Å². The lowest BCUT2D eigenvalue weighted by Gasteiger charge is -2.24. The minimum Gasteiger partial charge on any atom is -0.507 e. The van der Waals surface area contributed by atoms with Crippen LogP contribution < -0.4 is 19.1 Å². The SMILES string of the molecule is CCOc1cccc(/C(O)=C2\C(=O)C(=O)N(c3nccs3)C2c2ccc(OCCC(C)C)c(OC)c2)c1. The van der Waals surface area contributed by atoms with Gasteiger partial charge in [-0.05, 0) is 49.1 Å². The first-order valence-corrected chi connectivity index (χ1v) is 13.0. The number of ketones is 1. The Morgan fingerprint density at radius 3 is 2.62 bits per heavy atom. The number of thiazole rings is 1. The fourth-order valence-electron chi connectivity index (χ4n) is 4.11. The number of carbonyl (C=O) groups is 2. The number of carbonyl (C=O) groups excluding carboxylic acids is 2. The van der Waals surface area contributed by atoms with Gasteiger partial charge in [0.2, 0.25) is 0 Å². The molecule has 1 aromatic heterocycles. The first-order chi connectivity index (χ1) is 17.8. The summed E-state index contributed by atoms with van der Waals surface area (Å²) in [5, 5.41) is 13.4. The van der Waals surface area contributed by atoms with Gasteiger partial charge in [0.15, 0.2) is 16.6 Å². The van der Waals surface area contributed by atoms with Crippen LogP contribution in [0.2, 0.25) is 0 Å². The molecule has 2 aromatic carbocycles. The van der Waals surface area contributed by atoms with E-state index in [-0.39, 0.29) is 11.3 Å². The second-order valence-electron chi connectivity index (χ2n) is 8.89. The van der Waals surface area contributed by atoms with Crippen molar-refractivity contribution in [2.45, 2.75) is 33.2 Å². The number of amides is 1. The lowest BCUT2D eigenvalue weighted by atomic mass is 9.95. The van der Waals surface area contributed by atoms with E-state index < -0.39 is 17.7 Å². The van der Waals surface area contributed by atoms with Gasteiger partial charge in [-0.1, -0.05) is 32.0 Å². The third-order valence-corrected chi connectivity index (χ3v) is 6.72. The predicted octanol–water partition coefficient (Wildman–Crippen LogP) is 5.60. The molecule has 1 aliphatic heterocycles. The van der Waals surface area contributed by atoms with E-state index in [9.17, 15) is 14.7 Å². The van der Waals surface area contributed by atoms with Crippen LogP contribution in [-0.2, 0) is 9.59 Å². The maximum atomic E-state index is 13.3. The summed E-state index contributed by atoms with van der Waals surface area (Å²) in [6.45, 7) is 7.08. The van der Waals surface area contributed by atoms with Crippen LogP contribution in [0.25, 0.3) is 5.76 Å². The van der Waals surface area contributed by atoms with Crippen molar-refractivity contribution in [1.29, 1.82) is 0 Å². The molecule has 1 fully saturated rings. The molecule has 1 unspecified atom stereocenters. The number of Topliss-reactive ketones (excluding diaryl/α,β-unsaturated/α-hetero) is 1. The van der Waals surface area contributed by atoms with Crippen LogP contribution in [0.15, 0.2) is 59.6 Å². The van der Waals surface area contributed by atoms with Crippen LogP contribution in [0.1, 0.15) is 44.4 Å². The maximum absolute atomic E-state index is 13.3. The van der Waals surface area contributed by atoms with E-state index in [1.807, 2.05) is 6.92 Å². The smallest absolute Gasteiger partial charge is 0.301 e. The zero-order chi connectivity index (χ0) is 26.5. The molecule has 0 spiro atoms. The van der Waals surface area contributed by atoms with Gasteiger partial charge < -0.3 is 19.3 Å². The van der Waals surface area contributed by atoms with E-state index in [2.05, 4.69) is 18.8 Å². The Hall–Kier alpha value is -3.85. The van der Waals surface area contributed by atoms with Gasteiger partial charge in [0.1, 0.15) is 11.5 Å². The monoisotopic (exact) mass is 522 g/mol. The van der Waals surface area contributed by atoms with Gasteiger partial charge in [0.25, 0.3) is 5.78 Å². The van der Waals surface area contributed by atoms with Gasteiger partial charge >= 0.3 is 5.91 Å². The summed E-state index contributed by atoms with van der Waals surface area (Å²) in [6, 6.07) is 11.1. The molecule has 0 aliphatic carbocycles. The third-order valence-electron chi connectivity index (χ3n) is 5.94. The molecule has 2 heterocycles. The molecule has 1 atom stereocenters. The third kappa shape index (κ3) is 5.46. The van der Waals surface area contributed by atoms with Crippen molar-refractivity contribution in [3.63, 3.8) is 0 Å². The molecule has 1 saturated heterocycles. The molecule has 8 nitrogen and oxygen atoms in total. The van der Waals surface area contributed by atoms with Gasteiger partial charge in [-0.25, -0.2) is 4.98 Å². The standard InChI is InChI=1S/C28H30N2O6S/c1-5-35-20-8-6-7-19(15-20)25(31)23-24(30(27(33)26(23)32)28-29-12-14-37-28)18-9-10-21(22(16-18)34-4)36-13-11-17(2)3/h6-10,12,14-17,24,31H,5,11,13H2,1-4H3/b25-23+. The highest BCUT2D eigenvalue weighted by Gasteiger charge is 2.48. The summed E-state index contributed by atoms with van der Waals surface area (Å²) in [5.74, 6) is 0.202. The second-order valence-corrected chi connectivity index (χ2v) is 9.76. The van der Waals surface area contributed by atoms with Crippen molar-refractivity contribution < 1.29 is 28.9 Å². The molecular weight excluding hydrogens is 492 g/mol. The lowest BCUT2D eigenvalue weighted by molar-refractivity contribution is -0.132. The summed E-state index contributed by atoms with van der Waals surface area (Å²) in [7, 11) is 1.53. The van der Waals surface area contributed by atoms with Crippen molar-refractivity contribution in [2.75, 3.05) is 25.2 Å². The minimum atomic E-state index is -0.916. The molecule has 37 heavy (non-hydrogen) atoms. The van der Waals surface area contributed by atoms with Gasteiger partial charge in [0.05, 0.1) is 31.9 Å². The molecule has 0 bridgehead atoms. The van der Waals surface area contributed by atoms with E-state index in [4.69, 9.17) is 14.2 Å². The highest BCUT2D eigenvalue weighted by molar-refractivity contribution is 7.14. The molecule has 1 N–H and O–H groups in total. The Kier molecular flexibility index (Phi) is 8.13. The zero-order valence-corrected chi connectivity index (χ0v) is 22.1. The van der Waals surface area contributed by atoms with Crippen LogP contribution in [-0.4, -0.2) is 42.1 Å². The summed E-state index contributed by atoms with van der Waals surface area (Å²) in [6.07, 6.45) is 2.45. The number of aliphatic hydroxyl groups excluding tert-OH is 1. The van der Waals surface area contributed by atoms with Gasteiger partial charge in [-0.15, -0.1) is 11.3 Å². The molecule has 1 amide bonds. The minimum absolute atomic E-state index is 0.0376. The Labute approximate surface area is 220 Å². The van der Waals surface area contributed by atoms with Crippen LogP contribution in [0.4, 0.5) is 5.13 Å². The Balaban J connectivity index is 1.83. The lowest BCUT2D eigenvalue weighted by Crippen LogP contribution is -2.29. The van der Waals surface area contributed by atoms with E-state index in [0.29, 0.717) is 52.6 Å². The summed E-state index contributed by atoms with van der Waals surface area (Å²) in [4.78, 5) is 32.2. The zero-order valence-electron chi connectivity index (χ0n) is 21.3. The van der Waals surface area contributed by atoms with Crippen molar-refractivity contribution in [3.05, 3.63) is 70.7 Å². The molecule has 9 heteroatoms. The van der Waals surface area contributed by atoms with Gasteiger partial charge in [-0.2, -0.15) is 0 Å². The van der Waals surface area contributed by atoms with E-state index in [1.165, 1.54) is 23.3 Å². The van der Waals surface area contributed by atoms with Crippen LogP contribution in [0.3, 0.4) is 0 Å². The van der Waals surface area contributed by atoms with Gasteiger partial charge in [0, 0.05) is 17.1 Å². The van der Waals surface area contributed by atoms with Crippen molar-refractivity contribution in [1.82, 2.24) is 4.98 Å².